The second-order valence-electron chi connectivity index (χ2n) is 7.58. The molecule has 0 unspecified atom stereocenters. The average molecular weight is 491 g/mol. The van der Waals surface area contributed by atoms with E-state index in [-0.39, 0.29) is 26.8 Å². The van der Waals surface area contributed by atoms with Crippen LogP contribution < -0.4 is 10.9 Å². The summed E-state index contributed by atoms with van der Waals surface area (Å²) in [6.07, 6.45) is 3.61. The quantitative estimate of drug-likeness (QED) is 0.326. The van der Waals surface area contributed by atoms with Crippen molar-refractivity contribution in [2.45, 2.75) is 39.2 Å². The third-order valence-corrected chi connectivity index (χ3v) is 6.86. The molecule has 172 valence electrons. The van der Waals surface area contributed by atoms with Crippen molar-refractivity contribution >= 4 is 56.4 Å². The van der Waals surface area contributed by atoms with E-state index < -0.39 is 23.4 Å². The van der Waals surface area contributed by atoms with Gasteiger partial charge in [0, 0.05) is 25.1 Å². The number of nitrogens with zero attached hydrogens (tertiary/aromatic N) is 3. The van der Waals surface area contributed by atoms with Gasteiger partial charge >= 0.3 is 5.97 Å². The van der Waals surface area contributed by atoms with Crippen LogP contribution in [0.25, 0.3) is 10.2 Å². The number of hydrogen-bond acceptors (Lipinski definition) is 8. The maximum absolute atomic E-state index is 13.0. The Balaban J connectivity index is 1.50. The number of fused-ring (bicyclic) bond motifs is 2. The minimum atomic E-state index is -0.754. The molecule has 0 bridgehead atoms. The van der Waals surface area contributed by atoms with Gasteiger partial charge in [-0.25, -0.2) is 9.78 Å². The fourth-order valence-electron chi connectivity index (χ4n) is 3.71. The van der Waals surface area contributed by atoms with Crippen LogP contribution in [0.15, 0.2) is 23.0 Å². The predicted octanol–water partition coefficient (Wildman–Crippen LogP) is 3.85. The smallest absolute Gasteiger partial charge is 0.349 e. The number of benzene rings is 1. The maximum atomic E-state index is 13.0. The first-order valence-electron chi connectivity index (χ1n) is 10.2. The van der Waals surface area contributed by atoms with Crippen molar-refractivity contribution < 1.29 is 19.2 Å². The number of aromatic nitrogens is 2. The molecule has 1 aliphatic heterocycles. The highest BCUT2D eigenvalue weighted by Crippen LogP contribution is 2.29. The first-order chi connectivity index (χ1) is 15.8. The maximum Gasteiger partial charge on any atom is 0.349 e. The number of carbonyl (C=O) groups excluding carboxylic acids is 2. The van der Waals surface area contributed by atoms with Crippen molar-refractivity contribution in [3.05, 3.63) is 60.0 Å². The van der Waals surface area contributed by atoms with Crippen molar-refractivity contribution in [3.8, 4) is 0 Å². The van der Waals surface area contributed by atoms with E-state index in [4.69, 9.17) is 16.3 Å². The Morgan fingerprint density at radius 2 is 2.12 bits per heavy atom. The van der Waals surface area contributed by atoms with Crippen LogP contribution in [-0.4, -0.2) is 33.0 Å². The molecule has 4 rings (SSSR count). The lowest BCUT2D eigenvalue weighted by atomic mass is 10.2. The lowest BCUT2D eigenvalue weighted by molar-refractivity contribution is -0.384. The molecule has 2 aromatic heterocycles. The van der Waals surface area contributed by atoms with E-state index in [9.17, 15) is 24.5 Å². The lowest BCUT2D eigenvalue weighted by Gasteiger charge is -2.08. The molecule has 0 spiro atoms. The van der Waals surface area contributed by atoms with Gasteiger partial charge < -0.3 is 10.1 Å². The molecule has 3 aromatic rings. The number of thiophene rings is 1. The molecule has 0 fully saturated rings. The zero-order valence-corrected chi connectivity index (χ0v) is 19.1. The summed E-state index contributed by atoms with van der Waals surface area (Å²) >= 11 is 7.03. The van der Waals surface area contributed by atoms with Gasteiger partial charge in [0.15, 0.2) is 6.61 Å². The van der Waals surface area contributed by atoms with Crippen molar-refractivity contribution in [2.24, 2.45) is 0 Å². The molecular formula is C21H19ClN4O6S. The number of nitro benzene ring substituents is 1. The normalized spacial score (nSPS) is 13.3. The summed E-state index contributed by atoms with van der Waals surface area (Å²) in [5.41, 5.74) is 0.0930. The van der Waals surface area contributed by atoms with E-state index in [2.05, 4.69) is 10.3 Å². The molecule has 1 aromatic carbocycles. The number of hydrogen-bond donors (Lipinski definition) is 1. The van der Waals surface area contributed by atoms with Crippen LogP contribution in [0.5, 0.6) is 0 Å². The standard InChI is InChI=1S/C21H19ClN4O6S/c1-11-17-19(24-15-5-3-2-4-8-25(15)20(17)28)33-18(11)21(29)32-10-16(27)23-14-9-12(26(30)31)6-7-13(14)22/h6-7,9H,2-5,8,10H2,1H3,(H,23,27). The molecule has 12 heteroatoms. The number of anilines is 1. The molecule has 10 nitrogen and oxygen atoms in total. The van der Waals surface area contributed by atoms with E-state index in [1.54, 1.807) is 11.5 Å². The van der Waals surface area contributed by atoms with E-state index in [0.29, 0.717) is 28.7 Å². The van der Waals surface area contributed by atoms with Gasteiger partial charge in [-0.05, 0) is 31.4 Å². The predicted molar refractivity (Wildman–Crippen MR) is 123 cm³/mol. The number of carbonyl (C=O) groups is 2. The number of halogens is 1. The number of ether oxygens (including phenoxy) is 1. The van der Waals surface area contributed by atoms with Gasteiger partial charge in [-0.1, -0.05) is 18.0 Å². The molecule has 3 heterocycles. The van der Waals surface area contributed by atoms with Crippen LogP contribution in [-0.2, 0) is 22.5 Å². The number of rotatable bonds is 5. The van der Waals surface area contributed by atoms with Gasteiger partial charge in [-0.3, -0.25) is 24.3 Å². The Morgan fingerprint density at radius 1 is 1.33 bits per heavy atom. The average Bonchev–Trinajstić information content (AvgIpc) is 2.94. The number of non-ortho nitro benzene ring substituents is 1. The lowest BCUT2D eigenvalue weighted by Crippen LogP contribution is -2.24. The van der Waals surface area contributed by atoms with E-state index in [1.165, 1.54) is 12.1 Å². The minimum absolute atomic E-state index is 0.0312. The van der Waals surface area contributed by atoms with Gasteiger partial charge in [-0.15, -0.1) is 11.3 Å². The minimum Gasteiger partial charge on any atom is -0.451 e. The van der Waals surface area contributed by atoms with E-state index in [0.717, 1.165) is 42.5 Å². The third-order valence-electron chi connectivity index (χ3n) is 5.37. The second kappa shape index (κ2) is 9.28. The molecule has 0 saturated carbocycles. The van der Waals surface area contributed by atoms with Crippen LogP contribution in [0, 0.1) is 17.0 Å². The summed E-state index contributed by atoms with van der Waals surface area (Å²) in [5, 5.41) is 13.8. The van der Waals surface area contributed by atoms with Crippen LogP contribution in [0.4, 0.5) is 11.4 Å². The summed E-state index contributed by atoms with van der Waals surface area (Å²) in [7, 11) is 0. The summed E-state index contributed by atoms with van der Waals surface area (Å²) in [6.45, 7) is 1.63. The molecule has 1 N–H and O–H groups in total. The molecule has 0 radical (unpaired) electrons. The summed E-state index contributed by atoms with van der Waals surface area (Å²) in [5.74, 6) is -0.746. The summed E-state index contributed by atoms with van der Waals surface area (Å²) in [4.78, 5) is 53.5. The number of esters is 1. The van der Waals surface area contributed by atoms with Gasteiger partial charge in [0.2, 0.25) is 0 Å². The fraction of sp³-hybridized carbons (Fsp3) is 0.333. The molecular weight excluding hydrogens is 472 g/mol. The van der Waals surface area contributed by atoms with Crippen molar-refractivity contribution in [2.75, 3.05) is 11.9 Å². The van der Waals surface area contributed by atoms with Crippen LogP contribution >= 0.6 is 22.9 Å². The number of nitro groups is 1. The van der Waals surface area contributed by atoms with Crippen LogP contribution in [0.2, 0.25) is 5.02 Å². The monoisotopic (exact) mass is 490 g/mol. The molecule has 1 aliphatic rings. The fourth-order valence-corrected chi connectivity index (χ4v) is 4.96. The highest BCUT2D eigenvalue weighted by Gasteiger charge is 2.23. The zero-order chi connectivity index (χ0) is 23.7. The van der Waals surface area contributed by atoms with E-state index in [1.807, 2.05) is 0 Å². The highest BCUT2D eigenvalue weighted by molar-refractivity contribution is 7.20. The Bertz CT molecular complexity index is 1350. The Morgan fingerprint density at radius 3 is 2.88 bits per heavy atom. The largest absolute Gasteiger partial charge is 0.451 e. The third kappa shape index (κ3) is 4.60. The van der Waals surface area contributed by atoms with Crippen molar-refractivity contribution in [1.29, 1.82) is 0 Å². The topological polar surface area (TPSA) is 133 Å². The molecule has 1 amide bonds. The van der Waals surface area contributed by atoms with Gasteiger partial charge in [0.1, 0.15) is 15.5 Å². The number of aryl methyl sites for hydroxylation is 2. The SMILES string of the molecule is Cc1c(C(=O)OCC(=O)Nc2cc([N+](=O)[O-])ccc2Cl)sc2nc3n(c(=O)c12)CCCCC3. The Labute approximate surface area is 196 Å². The molecule has 0 atom stereocenters. The molecule has 33 heavy (non-hydrogen) atoms. The molecule has 0 saturated heterocycles. The summed E-state index contributed by atoms with van der Waals surface area (Å²) < 4.78 is 6.80. The van der Waals surface area contributed by atoms with Crippen LogP contribution in [0.1, 0.15) is 40.3 Å². The number of nitrogens with one attached hydrogen (secondary N) is 1. The first-order valence-corrected chi connectivity index (χ1v) is 11.4. The van der Waals surface area contributed by atoms with Crippen molar-refractivity contribution in [1.82, 2.24) is 9.55 Å². The van der Waals surface area contributed by atoms with Crippen LogP contribution in [0.3, 0.4) is 0 Å². The first kappa shape index (κ1) is 22.9. The Hall–Kier alpha value is -3.31. The zero-order valence-electron chi connectivity index (χ0n) is 17.6. The highest BCUT2D eigenvalue weighted by atomic mass is 35.5. The van der Waals surface area contributed by atoms with Gasteiger partial charge in [0.05, 0.1) is 21.0 Å². The van der Waals surface area contributed by atoms with Gasteiger partial charge in [-0.2, -0.15) is 0 Å². The molecule has 0 aliphatic carbocycles. The Kier molecular flexibility index (Phi) is 6.43. The second-order valence-corrected chi connectivity index (χ2v) is 8.98. The number of amides is 1. The summed E-state index contributed by atoms with van der Waals surface area (Å²) in [6, 6.07) is 3.61. The van der Waals surface area contributed by atoms with E-state index >= 15 is 0 Å². The van der Waals surface area contributed by atoms with Crippen molar-refractivity contribution in [3.63, 3.8) is 0 Å². The van der Waals surface area contributed by atoms with Gasteiger partial charge in [0.25, 0.3) is 17.2 Å².